The molecule has 19 heavy (non-hydrogen) atoms. The molecule has 3 heteroatoms. The summed E-state index contributed by atoms with van der Waals surface area (Å²) in [6, 6.07) is 12.5. The maximum Gasteiger partial charge on any atom is 0.158 e. The Kier molecular flexibility index (Phi) is 3.47. The first-order valence-electron chi connectivity index (χ1n) is 6.33. The van der Waals surface area contributed by atoms with Crippen molar-refractivity contribution in [3.63, 3.8) is 0 Å². The van der Waals surface area contributed by atoms with Crippen molar-refractivity contribution >= 4 is 29.2 Å². The number of hydrogen-bond acceptors (Lipinski definition) is 3. The molecule has 3 rings (SSSR count). The molecule has 1 aliphatic rings. The van der Waals surface area contributed by atoms with Gasteiger partial charge in [0.05, 0.1) is 5.71 Å². The molecule has 0 radical (unpaired) electrons. The summed E-state index contributed by atoms with van der Waals surface area (Å²) >= 11 is 1.74. The lowest BCUT2D eigenvalue weighted by Gasteiger charge is -2.11. The Balaban J connectivity index is 1.86. The molecule has 0 saturated heterocycles. The lowest BCUT2D eigenvalue weighted by Crippen LogP contribution is -2.00. The van der Waals surface area contributed by atoms with Gasteiger partial charge in [0.15, 0.2) is 6.10 Å². The SMILES string of the molecule is CC1=NO[C@@H](c2ccccc2C=Cc2cccs2)C1. The van der Waals surface area contributed by atoms with Gasteiger partial charge in [-0.15, -0.1) is 11.3 Å². The second kappa shape index (κ2) is 5.41. The summed E-state index contributed by atoms with van der Waals surface area (Å²) in [6.45, 7) is 2.00. The summed E-state index contributed by atoms with van der Waals surface area (Å²) < 4.78 is 0. The smallest absolute Gasteiger partial charge is 0.158 e. The highest BCUT2D eigenvalue weighted by atomic mass is 32.1. The Morgan fingerprint density at radius 2 is 2.11 bits per heavy atom. The molecule has 0 saturated carbocycles. The third-order valence-electron chi connectivity index (χ3n) is 3.13. The van der Waals surface area contributed by atoms with Crippen molar-refractivity contribution in [2.24, 2.45) is 5.16 Å². The minimum absolute atomic E-state index is 0.0594. The molecule has 0 N–H and O–H groups in total. The molecule has 96 valence electrons. The summed E-state index contributed by atoms with van der Waals surface area (Å²) in [7, 11) is 0. The van der Waals surface area contributed by atoms with E-state index in [1.807, 2.05) is 6.92 Å². The van der Waals surface area contributed by atoms with E-state index in [9.17, 15) is 0 Å². The van der Waals surface area contributed by atoms with E-state index in [1.165, 1.54) is 16.0 Å². The molecule has 2 heterocycles. The Hall–Kier alpha value is -1.87. The van der Waals surface area contributed by atoms with E-state index in [-0.39, 0.29) is 6.10 Å². The van der Waals surface area contributed by atoms with Gasteiger partial charge >= 0.3 is 0 Å². The van der Waals surface area contributed by atoms with Crippen molar-refractivity contribution < 1.29 is 4.84 Å². The zero-order valence-electron chi connectivity index (χ0n) is 10.7. The normalized spacial score (nSPS) is 18.6. The molecule has 1 atom stereocenters. The van der Waals surface area contributed by atoms with Gasteiger partial charge in [0.2, 0.25) is 0 Å². The summed E-state index contributed by atoms with van der Waals surface area (Å²) in [5, 5.41) is 6.13. The van der Waals surface area contributed by atoms with Crippen LogP contribution in [0.25, 0.3) is 12.2 Å². The van der Waals surface area contributed by atoms with Crippen molar-refractivity contribution in [1.82, 2.24) is 0 Å². The third-order valence-corrected chi connectivity index (χ3v) is 3.97. The third kappa shape index (κ3) is 2.76. The summed E-state index contributed by atoms with van der Waals surface area (Å²) in [4.78, 5) is 6.74. The van der Waals surface area contributed by atoms with Gasteiger partial charge in [0.1, 0.15) is 0 Å². The highest BCUT2D eigenvalue weighted by Crippen LogP contribution is 2.30. The predicted molar refractivity (Wildman–Crippen MR) is 81.2 cm³/mol. The van der Waals surface area contributed by atoms with Crippen molar-refractivity contribution in [1.29, 1.82) is 0 Å². The van der Waals surface area contributed by atoms with Crippen LogP contribution in [0.2, 0.25) is 0 Å². The molecule has 1 aromatic carbocycles. The van der Waals surface area contributed by atoms with E-state index < -0.39 is 0 Å². The number of thiophene rings is 1. The fourth-order valence-corrected chi connectivity index (χ4v) is 2.80. The first kappa shape index (κ1) is 12.2. The zero-order chi connectivity index (χ0) is 13.1. The van der Waals surface area contributed by atoms with Crippen LogP contribution in [0.1, 0.15) is 35.5 Å². The van der Waals surface area contributed by atoms with Crippen LogP contribution >= 0.6 is 11.3 Å². The second-order valence-corrected chi connectivity index (χ2v) is 5.58. The second-order valence-electron chi connectivity index (χ2n) is 4.60. The number of benzene rings is 1. The fourth-order valence-electron chi connectivity index (χ4n) is 2.18. The van der Waals surface area contributed by atoms with Crippen molar-refractivity contribution in [3.05, 3.63) is 57.8 Å². The monoisotopic (exact) mass is 269 g/mol. The maximum absolute atomic E-state index is 5.49. The number of rotatable bonds is 3. The van der Waals surface area contributed by atoms with Gasteiger partial charge in [-0.2, -0.15) is 0 Å². The molecule has 2 nitrogen and oxygen atoms in total. The predicted octanol–water partition coefficient (Wildman–Crippen LogP) is 4.76. The Morgan fingerprint density at radius 3 is 2.84 bits per heavy atom. The molecule has 1 aromatic heterocycles. The van der Waals surface area contributed by atoms with Gasteiger partial charge in [0, 0.05) is 16.9 Å². The van der Waals surface area contributed by atoms with Gasteiger partial charge in [0.25, 0.3) is 0 Å². The van der Waals surface area contributed by atoms with E-state index in [0.717, 1.165) is 12.1 Å². The molecule has 0 unspecified atom stereocenters. The van der Waals surface area contributed by atoms with Gasteiger partial charge in [-0.3, -0.25) is 0 Å². The zero-order valence-corrected chi connectivity index (χ0v) is 11.6. The van der Waals surface area contributed by atoms with E-state index in [0.29, 0.717) is 0 Å². The van der Waals surface area contributed by atoms with Crippen LogP contribution in [0, 0.1) is 0 Å². The van der Waals surface area contributed by atoms with Crippen LogP contribution in [0.3, 0.4) is 0 Å². The molecular weight excluding hydrogens is 254 g/mol. The molecule has 0 bridgehead atoms. The lowest BCUT2D eigenvalue weighted by molar-refractivity contribution is 0.0856. The van der Waals surface area contributed by atoms with Crippen LogP contribution < -0.4 is 0 Å². The highest BCUT2D eigenvalue weighted by molar-refractivity contribution is 7.10. The van der Waals surface area contributed by atoms with Crippen LogP contribution in [-0.4, -0.2) is 5.71 Å². The molecule has 0 aliphatic carbocycles. The Bertz CT molecular complexity index is 613. The minimum Gasteiger partial charge on any atom is -0.387 e. The van der Waals surface area contributed by atoms with Crippen LogP contribution in [-0.2, 0) is 4.84 Å². The average molecular weight is 269 g/mol. The minimum atomic E-state index is 0.0594. The summed E-state index contributed by atoms with van der Waals surface area (Å²) in [5.41, 5.74) is 3.46. The van der Waals surface area contributed by atoms with E-state index in [2.05, 4.69) is 59.1 Å². The van der Waals surface area contributed by atoms with Crippen LogP contribution in [0.15, 0.2) is 46.9 Å². The Morgan fingerprint density at radius 1 is 1.21 bits per heavy atom. The van der Waals surface area contributed by atoms with Gasteiger partial charge in [-0.25, -0.2) is 0 Å². The molecule has 0 spiro atoms. The van der Waals surface area contributed by atoms with Crippen molar-refractivity contribution in [2.45, 2.75) is 19.4 Å². The number of nitrogens with zero attached hydrogens (tertiary/aromatic N) is 1. The lowest BCUT2D eigenvalue weighted by atomic mass is 9.99. The number of oxime groups is 1. The van der Waals surface area contributed by atoms with E-state index in [1.54, 1.807) is 11.3 Å². The van der Waals surface area contributed by atoms with Gasteiger partial charge < -0.3 is 4.84 Å². The number of hydrogen-bond donors (Lipinski definition) is 0. The maximum atomic E-state index is 5.49. The van der Waals surface area contributed by atoms with Gasteiger partial charge in [-0.1, -0.05) is 41.6 Å². The average Bonchev–Trinajstić information content (AvgIpc) is 3.08. The molecule has 0 amide bonds. The molecule has 1 aliphatic heterocycles. The first-order valence-corrected chi connectivity index (χ1v) is 7.21. The standard InChI is InChI=1S/C16H15NOS/c1-12-11-16(18-17-12)15-7-3-2-5-13(15)8-9-14-6-4-10-19-14/h2-10,16H,11H2,1H3/t16-/m1/s1. The van der Waals surface area contributed by atoms with Crippen molar-refractivity contribution in [2.75, 3.05) is 0 Å². The first-order chi connectivity index (χ1) is 9.33. The summed E-state index contributed by atoms with van der Waals surface area (Å²) in [6.07, 6.45) is 5.23. The Labute approximate surface area is 117 Å². The molecule has 2 aromatic rings. The van der Waals surface area contributed by atoms with Crippen LogP contribution in [0.4, 0.5) is 0 Å². The fraction of sp³-hybridized carbons (Fsp3) is 0.188. The molecular formula is C16H15NOS. The highest BCUT2D eigenvalue weighted by Gasteiger charge is 2.21. The van der Waals surface area contributed by atoms with E-state index >= 15 is 0 Å². The summed E-state index contributed by atoms with van der Waals surface area (Å²) in [5.74, 6) is 0. The molecule has 0 fully saturated rings. The quantitative estimate of drug-likeness (QED) is 0.787. The largest absolute Gasteiger partial charge is 0.387 e. The van der Waals surface area contributed by atoms with Crippen molar-refractivity contribution in [3.8, 4) is 0 Å². The van der Waals surface area contributed by atoms with E-state index in [4.69, 9.17) is 4.84 Å². The van der Waals surface area contributed by atoms with Crippen LogP contribution in [0.5, 0.6) is 0 Å². The topological polar surface area (TPSA) is 21.6 Å². The van der Waals surface area contributed by atoms with Gasteiger partial charge in [-0.05, 0) is 30.0 Å².